The summed E-state index contributed by atoms with van der Waals surface area (Å²) in [6, 6.07) is 5.50. The number of esters is 1. The molecule has 0 aliphatic heterocycles. The van der Waals surface area contributed by atoms with Gasteiger partial charge in [-0.1, -0.05) is 0 Å². The van der Waals surface area contributed by atoms with Crippen LogP contribution in [-0.4, -0.2) is 32.2 Å². The first-order valence-corrected chi connectivity index (χ1v) is 5.16. The predicted molar refractivity (Wildman–Crippen MR) is 65.7 cm³/mol. The fourth-order valence-electron chi connectivity index (χ4n) is 1.74. The van der Waals surface area contributed by atoms with Crippen LogP contribution in [0.2, 0.25) is 0 Å². The molecule has 0 aliphatic rings. The molecule has 5 nitrogen and oxygen atoms in total. The molecule has 0 saturated carbocycles. The molecule has 0 saturated heterocycles. The van der Waals surface area contributed by atoms with E-state index < -0.39 is 5.97 Å². The summed E-state index contributed by atoms with van der Waals surface area (Å²) >= 11 is 0. The van der Waals surface area contributed by atoms with Crippen molar-refractivity contribution >= 4 is 22.6 Å². The van der Waals surface area contributed by atoms with Crippen molar-refractivity contribution in [3.05, 3.63) is 23.9 Å². The monoisotopic (exact) mass is 234 g/mol. The Labute approximate surface area is 98.7 Å². The molecule has 0 atom stereocenters. The molecule has 1 aromatic carbocycles. The van der Waals surface area contributed by atoms with Gasteiger partial charge in [0.05, 0.1) is 19.7 Å². The number of aromatic nitrogens is 1. The van der Waals surface area contributed by atoms with Crippen molar-refractivity contribution in [2.45, 2.75) is 0 Å². The Morgan fingerprint density at radius 1 is 1.29 bits per heavy atom. The average molecular weight is 234 g/mol. The van der Waals surface area contributed by atoms with Crippen LogP contribution in [0.1, 0.15) is 10.5 Å². The summed E-state index contributed by atoms with van der Waals surface area (Å²) in [6.45, 7) is 0. The minimum absolute atomic E-state index is 0.394. The number of rotatable bonds is 3. The van der Waals surface area contributed by atoms with E-state index in [0.717, 1.165) is 16.6 Å². The maximum atomic E-state index is 11.4. The summed E-state index contributed by atoms with van der Waals surface area (Å²) in [5.74, 6) is 0.313. The summed E-state index contributed by atoms with van der Waals surface area (Å²) in [6.07, 6.45) is 0. The van der Waals surface area contributed by atoms with Gasteiger partial charge in [0, 0.05) is 24.2 Å². The Morgan fingerprint density at radius 3 is 2.65 bits per heavy atom. The highest BCUT2D eigenvalue weighted by atomic mass is 16.5. The Hall–Kier alpha value is -2.17. The van der Waals surface area contributed by atoms with E-state index in [1.807, 2.05) is 19.2 Å². The zero-order chi connectivity index (χ0) is 12.4. The van der Waals surface area contributed by atoms with Gasteiger partial charge in [-0.25, -0.2) is 4.79 Å². The molecular formula is C12H14N2O3. The number of hydrogen-bond donors (Lipinski definition) is 2. The van der Waals surface area contributed by atoms with Crippen molar-refractivity contribution < 1.29 is 14.3 Å². The van der Waals surface area contributed by atoms with Gasteiger partial charge in [0.25, 0.3) is 0 Å². The third-order valence-electron chi connectivity index (χ3n) is 2.61. The van der Waals surface area contributed by atoms with Gasteiger partial charge in [-0.05, 0) is 12.1 Å². The molecule has 0 unspecified atom stereocenters. The molecule has 0 aliphatic carbocycles. The minimum atomic E-state index is -0.394. The largest absolute Gasteiger partial charge is 0.496 e. The highest BCUT2D eigenvalue weighted by Crippen LogP contribution is 2.30. The number of fused-ring (bicyclic) bond motifs is 1. The number of hydrogen-bond acceptors (Lipinski definition) is 4. The van der Waals surface area contributed by atoms with Crippen molar-refractivity contribution in [1.29, 1.82) is 0 Å². The lowest BCUT2D eigenvalue weighted by Crippen LogP contribution is -2.00. The molecule has 17 heavy (non-hydrogen) atoms. The van der Waals surface area contributed by atoms with E-state index in [0.29, 0.717) is 11.4 Å². The molecule has 0 fully saturated rings. The third kappa shape index (κ3) is 1.91. The zero-order valence-electron chi connectivity index (χ0n) is 9.96. The lowest BCUT2D eigenvalue weighted by Gasteiger charge is -2.05. The van der Waals surface area contributed by atoms with Crippen LogP contribution in [0.5, 0.6) is 5.75 Å². The maximum Gasteiger partial charge on any atom is 0.354 e. The fourth-order valence-corrected chi connectivity index (χ4v) is 1.74. The van der Waals surface area contributed by atoms with Crippen LogP contribution in [0, 0.1) is 0 Å². The summed E-state index contributed by atoms with van der Waals surface area (Å²) in [5.41, 5.74) is 2.15. The second kappa shape index (κ2) is 4.37. The van der Waals surface area contributed by atoms with Gasteiger partial charge in [0.2, 0.25) is 0 Å². The second-order valence-electron chi connectivity index (χ2n) is 3.56. The van der Waals surface area contributed by atoms with Crippen molar-refractivity contribution in [2.24, 2.45) is 0 Å². The Morgan fingerprint density at radius 2 is 2.06 bits per heavy atom. The van der Waals surface area contributed by atoms with Gasteiger partial charge in [-0.2, -0.15) is 0 Å². The van der Waals surface area contributed by atoms with Gasteiger partial charge in [0.15, 0.2) is 0 Å². The van der Waals surface area contributed by atoms with E-state index in [2.05, 4.69) is 15.0 Å². The number of carbonyl (C=O) groups excluding carboxylic acids is 1. The molecule has 0 amide bonds. The Kier molecular flexibility index (Phi) is 2.91. The zero-order valence-corrected chi connectivity index (χ0v) is 9.96. The topological polar surface area (TPSA) is 63.4 Å². The van der Waals surface area contributed by atoms with E-state index in [4.69, 9.17) is 4.74 Å². The quantitative estimate of drug-likeness (QED) is 0.797. The minimum Gasteiger partial charge on any atom is -0.496 e. The molecule has 5 heteroatoms. The molecule has 90 valence electrons. The van der Waals surface area contributed by atoms with Crippen molar-refractivity contribution in [2.75, 3.05) is 26.6 Å². The van der Waals surface area contributed by atoms with Crippen LogP contribution in [0.3, 0.4) is 0 Å². The SMILES string of the molecule is CNc1cc(OC)c2cc(C(=O)OC)[nH]c2c1. The van der Waals surface area contributed by atoms with Crippen LogP contribution in [0.25, 0.3) is 10.9 Å². The second-order valence-corrected chi connectivity index (χ2v) is 3.56. The van der Waals surface area contributed by atoms with Gasteiger partial charge in [0.1, 0.15) is 11.4 Å². The third-order valence-corrected chi connectivity index (χ3v) is 2.61. The summed E-state index contributed by atoms with van der Waals surface area (Å²) in [7, 11) is 4.77. The number of anilines is 1. The smallest absolute Gasteiger partial charge is 0.354 e. The number of H-pyrrole nitrogens is 1. The lowest BCUT2D eigenvalue weighted by atomic mass is 10.2. The first-order valence-electron chi connectivity index (χ1n) is 5.16. The summed E-state index contributed by atoms with van der Waals surface area (Å²) in [4.78, 5) is 14.4. The highest BCUT2D eigenvalue weighted by molar-refractivity contribution is 5.98. The van der Waals surface area contributed by atoms with Gasteiger partial charge < -0.3 is 19.8 Å². The first kappa shape index (κ1) is 11.3. The predicted octanol–water partition coefficient (Wildman–Crippen LogP) is 2.00. The van der Waals surface area contributed by atoms with Crippen LogP contribution in [0.15, 0.2) is 18.2 Å². The number of nitrogens with one attached hydrogen (secondary N) is 2. The maximum absolute atomic E-state index is 11.4. The molecule has 1 heterocycles. The van der Waals surface area contributed by atoms with Gasteiger partial charge >= 0.3 is 5.97 Å². The molecule has 2 rings (SSSR count). The van der Waals surface area contributed by atoms with Crippen molar-refractivity contribution in [1.82, 2.24) is 4.98 Å². The Balaban J connectivity index is 2.62. The number of methoxy groups -OCH3 is 2. The number of ether oxygens (including phenoxy) is 2. The van der Waals surface area contributed by atoms with Crippen LogP contribution in [-0.2, 0) is 4.74 Å². The van der Waals surface area contributed by atoms with E-state index in [9.17, 15) is 4.79 Å². The van der Waals surface area contributed by atoms with Gasteiger partial charge in [-0.3, -0.25) is 0 Å². The van der Waals surface area contributed by atoms with Crippen molar-refractivity contribution in [3.63, 3.8) is 0 Å². The summed E-state index contributed by atoms with van der Waals surface area (Å²) in [5, 5.41) is 3.88. The van der Waals surface area contributed by atoms with Crippen LogP contribution in [0.4, 0.5) is 5.69 Å². The summed E-state index contributed by atoms with van der Waals surface area (Å²) < 4.78 is 9.95. The molecule has 2 N–H and O–H groups in total. The highest BCUT2D eigenvalue weighted by Gasteiger charge is 2.13. The molecule has 0 radical (unpaired) electrons. The van der Waals surface area contributed by atoms with E-state index in [1.54, 1.807) is 13.2 Å². The molecular weight excluding hydrogens is 220 g/mol. The van der Waals surface area contributed by atoms with Crippen LogP contribution >= 0.6 is 0 Å². The van der Waals surface area contributed by atoms with E-state index >= 15 is 0 Å². The molecule has 2 aromatic rings. The molecule has 0 spiro atoms. The fraction of sp³-hybridized carbons (Fsp3) is 0.250. The van der Waals surface area contributed by atoms with E-state index in [-0.39, 0.29) is 0 Å². The number of benzene rings is 1. The number of carbonyl (C=O) groups is 1. The lowest BCUT2D eigenvalue weighted by molar-refractivity contribution is 0.0595. The normalized spacial score (nSPS) is 10.3. The van der Waals surface area contributed by atoms with Crippen molar-refractivity contribution in [3.8, 4) is 5.75 Å². The first-order chi connectivity index (χ1) is 8.19. The Bertz CT molecular complexity index is 560. The molecule has 1 aromatic heterocycles. The molecule has 0 bridgehead atoms. The number of aromatic amines is 1. The average Bonchev–Trinajstić information content (AvgIpc) is 2.80. The van der Waals surface area contributed by atoms with Gasteiger partial charge in [-0.15, -0.1) is 0 Å². The van der Waals surface area contributed by atoms with Crippen LogP contribution < -0.4 is 10.1 Å². The standard InChI is InChI=1S/C12H14N2O3/c1-13-7-4-9-8(11(5-7)16-2)6-10(14-9)12(15)17-3/h4-6,13-14H,1-3H3. The van der Waals surface area contributed by atoms with E-state index in [1.165, 1.54) is 7.11 Å².